The van der Waals surface area contributed by atoms with Gasteiger partial charge in [0, 0.05) is 0 Å². The fraction of sp³-hybridized carbons (Fsp3) is 0.700. The Bertz CT molecular complexity index is 353. The molecule has 0 unspecified atom stereocenters. The highest BCUT2D eigenvalue weighted by molar-refractivity contribution is 5.38. The van der Waals surface area contributed by atoms with Gasteiger partial charge in [0.15, 0.2) is 0 Å². The number of hydrogen-bond acceptors (Lipinski definition) is 0. The smallest absolute Gasteiger partial charge is 0.0157 e. The van der Waals surface area contributed by atoms with Crippen LogP contribution < -0.4 is 0 Å². The van der Waals surface area contributed by atoms with Crippen LogP contribution in [0.1, 0.15) is 89.3 Å². The molecule has 0 N–H and O–H groups in total. The molecule has 114 valence electrons. The molecule has 0 nitrogen and oxygen atoms in total. The van der Waals surface area contributed by atoms with Crippen LogP contribution in [0.25, 0.3) is 0 Å². The predicted octanol–water partition coefficient (Wildman–Crippen LogP) is 6.52. The molecule has 0 bridgehead atoms. The molecule has 0 aromatic heterocycles. The molecule has 0 spiro atoms. The molecule has 0 heterocycles. The van der Waals surface area contributed by atoms with Crippen molar-refractivity contribution in [1.29, 1.82) is 0 Å². The minimum absolute atomic E-state index is 0.782. The molecule has 0 aliphatic heterocycles. The average molecular weight is 274 g/mol. The Morgan fingerprint density at radius 3 is 1.90 bits per heavy atom. The maximum Gasteiger partial charge on any atom is -0.0157 e. The van der Waals surface area contributed by atoms with Gasteiger partial charge in [-0.3, -0.25) is 0 Å². The molecule has 0 saturated heterocycles. The molecule has 1 rings (SSSR count). The highest BCUT2D eigenvalue weighted by Gasteiger charge is 2.17. The molecule has 0 radical (unpaired) electrons. The van der Waals surface area contributed by atoms with E-state index in [2.05, 4.69) is 52.8 Å². The van der Waals surface area contributed by atoms with Crippen LogP contribution in [0.15, 0.2) is 18.2 Å². The van der Waals surface area contributed by atoms with Crippen LogP contribution in [0.3, 0.4) is 0 Å². The molecular weight excluding hydrogens is 240 g/mol. The first kappa shape index (κ1) is 17.3. The third-order valence-corrected chi connectivity index (χ3v) is 4.43. The molecule has 0 heteroatoms. The van der Waals surface area contributed by atoms with Gasteiger partial charge in [-0.15, -0.1) is 0 Å². The largest absolute Gasteiger partial charge is 0.0654 e. The molecule has 0 aliphatic rings. The summed E-state index contributed by atoms with van der Waals surface area (Å²) >= 11 is 0. The quantitative estimate of drug-likeness (QED) is 0.481. The molecule has 0 saturated carbocycles. The Labute approximate surface area is 127 Å². The maximum atomic E-state index is 2.35. The lowest BCUT2D eigenvalue weighted by Crippen LogP contribution is -2.07. The molecule has 20 heavy (non-hydrogen) atoms. The van der Waals surface area contributed by atoms with E-state index < -0.39 is 0 Å². The van der Waals surface area contributed by atoms with Crippen LogP contribution in [0.2, 0.25) is 0 Å². The summed E-state index contributed by atoms with van der Waals surface area (Å²) in [5.41, 5.74) is 4.88. The normalized spacial score (nSPS) is 12.9. The SMILES string of the molecule is CCC[C@@H](CCCC(C)C)c1c(CC)cccc1CC. The molecule has 0 fully saturated rings. The summed E-state index contributed by atoms with van der Waals surface area (Å²) in [7, 11) is 0. The second-order valence-electron chi connectivity index (χ2n) is 6.51. The van der Waals surface area contributed by atoms with Crippen LogP contribution in [0.5, 0.6) is 0 Å². The van der Waals surface area contributed by atoms with Crippen LogP contribution >= 0.6 is 0 Å². The minimum Gasteiger partial charge on any atom is -0.0654 e. The van der Waals surface area contributed by atoms with Crippen LogP contribution in [0, 0.1) is 5.92 Å². The van der Waals surface area contributed by atoms with E-state index in [0.717, 1.165) is 11.8 Å². The van der Waals surface area contributed by atoms with Crippen molar-refractivity contribution in [3.8, 4) is 0 Å². The molecule has 0 aliphatic carbocycles. The van der Waals surface area contributed by atoms with Gasteiger partial charge >= 0.3 is 0 Å². The van der Waals surface area contributed by atoms with E-state index >= 15 is 0 Å². The summed E-state index contributed by atoms with van der Waals surface area (Å²) in [5.74, 6) is 1.62. The highest BCUT2D eigenvalue weighted by atomic mass is 14.2. The summed E-state index contributed by atoms with van der Waals surface area (Å²) in [6.07, 6.45) is 9.12. The first-order chi connectivity index (χ1) is 9.63. The average Bonchev–Trinajstić information content (AvgIpc) is 2.45. The summed E-state index contributed by atoms with van der Waals surface area (Å²) in [6.45, 7) is 11.6. The van der Waals surface area contributed by atoms with E-state index in [1.807, 2.05) is 0 Å². The van der Waals surface area contributed by atoms with Gasteiger partial charge in [-0.2, -0.15) is 0 Å². The Kier molecular flexibility index (Phi) is 7.95. The second kappa shape index (κ2) is 9.21. The summed E-state index contributed by atoms with van der Waals surface area (Å²) in [4.78, 5) is 0. The van der Waals surface area contributed by atoms with Crippen molar-refractivity contribution < 1.29 is 0 Å². The highest BCUT2D eigenvalue weighted by Crippen LogP contribution is 2.33. The molecule has 1 aromatic carbocycles. The fourth-order valence-corrected chi connectivity index (χ4v) is 3.36. The Morgan fingerprint density at radius 2 is 1.45 bits per heavy atom. The van der Waals surface area contributed by atoms with Crippen LogP contribution in [-0.2, 0) is 12.8 Å². The van der Waals surface area contributed by atoms with E-state index in [9.17, 15) is 0 Å². The first-order valence-electron chi connectivity index (χ1n) is 8.74. The van der Waals surface area contributed by atoms with E-state index in [1.165, 1.54) is 44.9 Å². The van der Waals surface area contributed by atoms with Gasteiger partial charge in [0.05, 0.1) is 0 Å². The van der Waals surface area contributed by atoms with Gasteiger partial charge in [0.25, 0.3) is 0 Å². The maximum absolute atomic E-state index is 2.35. The minimum atomic E-state index is 0.782. The fourth-order valence-electron chi connectivity index (χ4n) is 3.36. The van der Waals surface area contributed by atoms with E-state index in [-0.39, 0.29) is 0 Å². The predicted molar refractivity (Wildman–Crippen MR) is 91.5 cm³/mol. The Hall–Kier alpha value is -0.780. The zero-order valence-corrected chi connectivity index (χ0v) is 14.3. The van der Waals surface area contributed by atoms with Crippen molar-refractivity contribution in [3.05, 3.63) is 34.9 Å². The zero-order valence-electron chi connectivity index (χ0n) is 14.3. The van der Waals surface area contributed by atoms with Crippen molar-refractivity contribution in [2.24, 2.45) is 5.92 Å². The van der Waals surface area contributed by atoms with Crippen LogP contribution in [0.4, 0.5) is 0 Å². The van der Waals surface area contributed by atoms with Crippen molar-refractivity contribution in [3.63, 3.8) is 0 Å². The number of rotatable bonds is 9. The monoisotopic (exact) mass is 274 g/mol. The van der Waals surface area contributed by atoms with Crippen LogP contribution in [-0.4, -0.2) is 0 Å². The first-order valence-corrected chi connectivity index (χ1v) is 8.74. The van der Waals surface area contributed by atoms with Crippen molar-refractivity contribution in [2.45, 2.75) is 85.5 Å². The molecule has 1 atom stereocenters. The second-order valence-corrected chi connectivity index (χ2v) is 6.51. The number of aryl methyl sites for hydroxylation is 2. The van der Waals surface area contributed by atoms with Gasteiger partial charge in [0.2, 0.25) is 0 Å². The topological polar surface area (TPSA) is 0 Å². The number of benzene rings is 1. The van der Waals surface area contributed by atoms with Crippen molar-refractivity contribution in [2.75, 3.05) is 0 Å². The standard InChI is InChI=1S/C20H34/c1-6-11-19(15-9-12-16(4)5)20-17(7-2)13-10-14-18(20)8-3/h10,13-14,16,19H,6-9,11-12,15H2,1-5H3/t19-/m0/s1. The van der Waals surface area contributed by atoms with Gasteiger partial charge < -0.3 is 0 Å². The molecule has 0 amide bonds. The van der Waals surface area contributed by atoms with E-state index in [4.69, 9.17) is 0 Å². The van der Waals surface area contributed by atoms with Crippen molar-refractivity contribution >= 4 is 0 Å². The summed E-state index contributed by atoms with van der Waals surface area (Å²) < 4.78 is 0. The van der Waals surface area contributed by atoms with Gasteiger partial charge in [-0.25, -0.2) is 0 Å². The van der Waals surface area contributed by atoms with Crippen molar-refractivity contribution in [1.82, 2.24) is 0 Å². The Balaban J connectivity index is 2.94. The lowest BCUT2D eigenvalue weighted by Gasteiger charge is -2.23. The zero-order chi connectivity index (χ0) is 15.0. The third kappa shape index (κ3) is 4.96. The summed E-state index contributed by atoms with van der Waals surface area (Å²) in [6, 6.07) is 6.94. The lowest BCUT2D eigenvalue weighted by molar-refractivity contribution is 0.479. The number of hydrogen-bond donors (Lipinski definition) is 0. The van der Waals surface area contributed by atoms with E-state index in [0.29, 0.717) is 0 Å². The molecule has 1 aromatic rings. The summed E-state index contributed by atoms with van der Waals surface area (Å²) in [5, 5.41) is 0. The lowest BCUT2D eigenvalue weighted by atomic mass is 9.82. The van der Waals surface area contributed by atoms with Gasteiger partial charge in [-0.1, -0.05) is 72.1 Å². The van der Waals surface area contributed by atoms with Gasteiger partial charge in [-0.05, 0) is 54.2 Å². The van der Waals surface area contributed by atoms with Gasteiger partial charge in [0.1, 0.15) is 0 Å². The molecular formula is C20H34. The third-order valence-electron chi connectivity index (χ3n) is 4.43. The Morgan fingerprint density at radius 1 is 0.850 bits per heavy atom. The van der Waals surface area contributed by atoms with E-state index in [1.54, 1.807) is 16.7 Å².